The number of nitrogens with zero attached hydrogens (tertiary/aromatic N) is 1. The largest absolute Gasteiger partial charge is 0.395 e. The second kappa shape index (κ2) is 8.50. The van der Waals surface area contributed by atoms with Gasteiger partial charge in [-0.3, -0.25) is 0 Å². The molecule has 2 amide bonds. The zero-order valence-electron chi connectivity index (χ0n) is 11.6. The van der Waals surface area contributed by atoms with Crippen LogP contribution in [-0.2, 0) is 11.3 Å². The number of aliphatic hydroxyl groups excluding tert-OH is 1. The third-order valence-corrected chi connectivity index (χ3v) is 2.69. The number of ether oxygens (including phenoxy) is 1. The monoisotopic (exact) mass is 266 g/mol. The molecule has 0 aromatic heterocycles. The first-order valence-electron chi connectivity index (χ1n) is 6.54. The molecule has 0 aliphatic rings. The van der Waals surface area contributed by atoms with E-state index in [0.717, 1.165) is 11.3 Å². The van der Waals surface area contributed by atoms with Crippen LogP contribution in [0.5, 0.6) is 0 Å². The van der Waals surface area contributed by atoms with Crippen molar-refractivity contribution < 1.29 is 14.6 Å². The Labute approximate surface area is 114 Å². The number of urea groups is 1. The highest BCUT2D eigenvalue weighted by atomic mass is 16.5. The third kappa shape index (κ3) is 5.28. The lowest BCUT2D eigenvalue weighted by Crippen LogP contribution is -2.36. The van der Waals surface area contributed by atoms with E-state index >= 15 is 0 Å². The number of hydrogen-bond acceptors (Lipinski definition) is 3. The van der Waals surface area contributed by atoms with Crippen molar-refractivity contribution >= 4 is 11.7 Å². The molecule has 0 saturated heterocycles. The average Bonchev–Trinajstić information content (AvgIpc) is 2.42. The van der Waals surface area contributed by atoms with Crippen molar-refractivity contribution in [3.05, 3.63) is 29.8 Å². The molecule has 0 radical (unpaired) electrons. The quantitative estimate of drug-likeness (QED) is 0.794. The molecule has 0 unspecified atom stereocenters. The van der Waals surface area contributed by atoms with Crippen molar-refractivity contribution in [2.24, 2.45) is 0 Å². The van der Waals surface area contributed by atoms with Crippen LogP contribution in [0.3, 0.4) is 0 Å². The molecule has 0 aliphatic heterocycles. The van der Waals surface area contributed by atoms with Gasteiger partial charge in [-0.05, 0) is 31.5 Å². The molecule has 0 fully saturated rings. The summed E-state index contributed by atoms with van der Waals surface area (Å²) in [5, 5.41) is 11.7. The third-order valence-electron chi connectivity index (χ3n) is 2.69. The number of likely N-dealkylation sites (N-methyl/N-ethyl adjacent to an activating group) is 1. The Hall–Kier alpha value is -1.59. The van der Waals surface area contributed by atoms with Gasteiger partial charge in [-0.1, -0.05) is 12.1 Å². The molecule has 0 saturated carbocycles. The standard InChI is InChI=1S/C14H22N2O3/c1-3-16(8-9-17)14(18)15-13-7-5-6-12(10-13)11-19-4-2/h5-7,10,17H,3-4,8-9,11H2,1-2H3,(H,15,18). The lowest BCUT2D eigenvalue weighted by Gasteiger charge is -2.20. The summed E-state index contributed by atoms with van der Waals surface area (Å²) in [5.41, 5.74) is 1.75. The van der Waals surface area contributed by atoms with Gasteiger partial charge in [-0.15, -0.1) is 0 Å². The molecule has 106 valence electrons. The molecule has 0 spiro atoms. The van der Waals surface area contributed by atoms with Crippen molar-refractivity contribution in [3.63, 3.8) is 0 Å². The summed E-state index contributed by atoms with van der Waals surface area (Å²) in [6.45, 7) is 5.88. The van der Waals surface area contributed by atoms with Crippen LogP contribution in [0, 0.1) is 0 Å². The van der Waals surface area contributed by atoms with E-state index in [4.69, 9.17) is 9.84 Å². The Morgan fingerprint density at radius 2 is 2.21 bits per heavy atom. The number of amides is 2. The zero-order valence-corrected chi connectivity index (χ0v) is 11.6. The van der Waals surface area contributed by atoms with Crippen molar-refractivity contribution in [2.75, 3.05) is 31.6 Å². The molecule has 0 bridgehead atoms. The Bertz CT molecular complexity index is 396. The summed E-state index contributed by atoms with van der Waals surface area (Å²) in [6.07, 6.45) is 0. The van der Waals surface area contributed by atoms with Gasteiger partial charge < -0.3 is 20.1 Å². The maximum Gasteiger partial charge on any atom is 0.321 e. The molecule has 5 nitrogen and oxygen atoms in total. The van der Waals surface area contributed by atoms with Crippen molar-refractivity contribution in [1.29, 1.82) is 0 Å². The first kappa shape index (κ1) is 15.5. The maximum atomic E-state index is 11.9. The average molecular weight is 266 g/mol. The van der Waals surface area contributed by atoms with Crippen LogP contribution in [0.1, 0.15) is 19.4 Å². The minimum atomic E-state index is -0.204. The number of benzene rings is 1. The van der Waals surface area contributed by atoms with Crippen LogP contribution in [0.15, 0.2) is 24.3 Å². The van der Waals surface area contributed by atoms with Gasteiger partial charge in [0.2, 0.25) is 0 Å². The molecule has 1 aromatic rings. The number of carbonyl (C=O) groups is 1. The van der Waals surface area contributed by atoms with Gasteiger partial charge in [0.25, 0.3) is 0 Å². The summed E-state index contributed by atoms with van der Waals surface area (Å²) < 4.78 is 5.33. The fraction of sp³-hybridized carbons (Fsp3) is 0.500. The fourth-order valence-corrected chi connectivity index (χ4v) is 1.69. The minimum absolute atomic E-state index is 0.0361. The van der Waals surface area contributed by atoms with Crippen molar-refractivity contribution in [2.45, 2.75) is 20.5 Å². The van der Waals surface area contributed by atoms with Crippen LogP contribution < -0.4 is 5.32 Å². The van der Waals surface area contributed by atoms with E-state index in [1.807, 2.05) is 38.1 Å². The Kier molecular flexibility index (Phi) is 6.92. The van der Waals surface area contributed by atoms with Gasteiger partial charge in [-0.2, -0.15) is 0 Å². The Morgan fingerprint density at radius 1 is 1.42 bits per heavy atom. The molecule has 0 atom stereocenters. The number of aliphatic hydroxyl groups is 1. The molecule has 19 heavy (non-hydrogen) atoms. The van der Waals surface area contributed by atoms with E-state index in [-0.39, 0.29) is 12.6 Å². The molecule has 1 aromatic carbocycles. The van der Waals surface area contributed by atoms with E-state index in [2.05, 4.69) is 5.32 Å². The van der Waals surface area contributed by atoms with E-state index in [0.29, 0.717) is 26.3 Å². The van der Waals surface area contributed by atoms with Gasteiger partial charge in [0.1, 0.15) is 0 Å². The molecule has 2 N–H and O–H groups in total. The predicted molar refractivity (Wildman–Crippen MR) is 75.1 cm³/mol. The van der Waals surface area contributed by atoms with Crippen LogP contribution >= 0.6 is 0 Å². The van der Waals surface area contributed by atoms with Crippen molar-refractivity contribution in [1.82, 2.24) is 4.90 Å². The van der Waals surface area contributed by atoms with Gasteiger partial charge in [0.15, 0.2) is 0 Å². The number of carbonyl (C=O) groups excluding carboxylic acids is 1. The molecule has 5 heteroatoms. The molecule has 0 aliphatic carbocycles. The van der Waals surface area contributed by atoms with E-state index < -0.39 is 0 Å². The second-order valence-electron chi connectivity index (χ2n) is 4.07. The predicted octanol–water partition coefficient (Wildman–Crippen LogP) is 2.07. The van der Waals surface area contributed by atoms with Crippen LogP contribution in [0.4, 0.5) is 10.5 Å². The highest BCUT2D eigenvalue weighted by molar-refractivity contribution is 5.89. The highest BCUT2D eigenvalue weighted by Gasteiger charge is 2.10. The first-order chi connectivity index (χ1) is 9.21. The summed E-state index contributed by atoms with van der Waals surface area (Å²) in [7, 11) is 0. The van der Waals surface area contributed by atoms with E-state index in [1.54, 1.807) is 4.90 Å². The molecular formula is C14H22N2O3. The SMILES string of the molecule is CCOCc1cccc(NC(=O)N(CC)CCO)c1. The second-order valence-corrected chi connectivity index (χ2v) is 4.07. The fourth-order valence-electron chi connectivity index (χ4n) is 1.69. The smallest absolute Gasteiger partial charge is 0.321 e. The zero-order chi connectivity index (χ0) is 14.1. The molecule has 0 heterocycles. The minimum Gasteiger partial charge on any atom is -0.395 e. The lowest BCUT2D eigenvalue weighted by molar-refractivity contribution is 0.134. The Morgan fingerprint density at radius 3 is 2.84 bits per heavy atom. The van der Waals surface area contributed by atoms with Gasteiger partial charge in [-0.25, -0.2) is 4.79 Å². The highest BCUT2D eigenvalue weighted by Crippen LogP contribution is 2.12. The first-order valence-corrected chi connectivity index (χ1v) is 6.54. The summed E-state index contributed by atoms with van der Waals surface area (Å²) >= 11 is 0. The van der Waals surface area contributed by atoms with Gasteiger partial charge in [0, 0.05) is 25.4 Å². The maximum absolute atomic E-state index is 11.9. The number of nitrogens with one attached hydrogen (secondary N) is 1. The van der Waals surface area contributed by atoms with Gasteiger partial charge in [0.05, 0.1) is 13.2 Å². The summed E-state index contributed by atoms with van der Waals surface area (Å²) in [6, 6.07) is 7.36. The van der Waals surface area contributed by atoms with E-state index in [1.165, 1.54) is 0 Å². The van der Waals surface area contributed by atoms with Crippen molar-refractivity contribution in [3.8, 4) is 0 Å². The van der Waals surface area contributed by atoms with E-state index in [9.17, 15) is 4.79 Å². The molecular weight excluding hydrogens is 244 g/mol. The molecule has 1 rings (SSSR count). The normalized spacial score (nSPS) is 10.3. The topological polar surface area (TPSA) is 61.8 Å². The Balaban J connectivity index is 2.62. The van der Waals surface area contributed by atoms with Crippen LogP contribution in [0.25, 0.3) is 0 Å². The van der Waals surface area contributed by atoms with Crippen LogP contribution in [-0.4, -0.2) is 42.3 Å². The summed E-state index contributed by atoms with van der Waals surface area (Å²) in [5.74, 6) is 0. The number of rotatable bonds is 7. The summed E-state index contributed by atoms with van der Waals surface area (Å²) in [4.78, 5) is 13.5. The number of hydrogen-bond donors (Lipinski definition) is 2. The lowest BCUT2D eigenvalue weighted by atomic mass is 10.2. The van der Waals surface area contributed by atoms with Gasteiger partial charge >= 0.3 is 6.03 Å². The number of anilines is 1. The van der Waals surface area contributed by atoms with Crippen LogP contribution in [0.2, 0.25) is 0 Å².